The second-order valence-electron chi connectivity index (χ2n) is 4.38. The molecule has 3 rings (SSSR count). The van der Waals surface area contributed by atoms with Crippen molar-refractivity contribution in [3.05, 3.63) is 46.6 Å². The van der Waals surface area contributed by atoms with Crippen LogP contribution in [-0.2, 0) is 0 Å². The maximum Gasteiger partial charge on any atom is 0.199 e. The molecule has 1 aromatic heterocycles. The monoisotopic (exact) mass is 306 g/mol. The minimum atomic E-state index is -0.557. The van der Waals surface area contributed by atoms with Crippen molar-refractivity contribution in [2.24, 2.45) is 0 Å². The highest BCUT2D eigenvalue weighted by Gasteiger charge is 2.15. The van der Waals surface area contributed by atoms with Crippen LogP contribution < -0.4 is 10.2 Å². The number of phenolic OH excluding ortho intramolecular Hbond substituents is 1. The minimum Gasteiger partial charge on any atom is -0.506 e. The van der Waals surface area contributed by atoms with E-state index in [9.17, 15) is 9.90 Å². The third kappa shape index (κ3) is 2.11. The first kappa shape index (κ1) is 13.2. The molecule has 0 fully saturated rings. The van der Waals surface area contributed by atoms with Crippen LogP contribution in [0.3, 0.4) is 0 Å². The zero-order valence-corrected chi connectivity index (χ0v) is 12.2. The molecule has 1 unspecified atom stereocenters. The number of hydrogen-bond acceptors (Lipinski definition) is 4. The van der Waals surface area contributed by atoms with E-state index in [1.807, 2.05) is 18.2 Å². The molecule has 1 heterocycles. The summed E-state index contributed by atoms with van der Waals surface area (Å²) in [5, 5.41) is 11.0. The molecule has 0 spiro atoms. The normalized spacial score (nSPS) is 12.7. The number of rotatable bonds is 2. The number of hydrogen-bond donors (Lipinski definition) is 1. The van der Waals surface area contributed by atoms with Crippen LogP contribution in [-0.4, -0.2) is 10.7 Å². The molecule has 0 aliphatic heterocycles. The van der Waals surface area contributed by atoms with Gasteiger partial charge in [0, 0.05) is 10.1 Å². The third-order valence-corrected chi connectivity index (χ3v) is 4.24. The fraction of sp³-hybridized carbons (Fsp3) is 0.133. The fourth-order valence-electron chi connectivity index (χ4n) is 2.13. The van der Waals surface area contributed by atoms with Crippen molar-refractivity contribution in [3.63, 3.8) is 0 Å². The van der Waals surface area contributed by atoms with Gasteiger partial charge in [-0.1, -0.05) is 23.7 Å². The van der Waals surface area contributed by atoms with Gasteiger partial charge in [-0.25, -0.2) is 0 Å². The van der Waals surface area contributed by atoms with Crippen molar-refractivity contribution in [1.82, 2.24) is 0 Å². The molecule has 0 aliphatic carbocycles. The van der Waals surface area contributed by atoms with Gasteiger partial charge in [0.1, 0.15) is 11.5 Å². The summed E-state index contributed by atoms with van der Waals surface area (Å²) in [6.45, 7) is 1.68. The number of halogens is 1. The average Bonchev–Trinajstić information content (AvgIpc) is 2.42. The van der Waals surface area contributed by atoms with E-state index in [1.54, 1.807) is 19.1 Å². The number of benzene rings is 2. The van der Waals surface area contributed by atoms with Crippen LogP contribution in [0.4, 0.5) is 0 Å². The molecule has 0 saturated carbocycles. The van der Waals surface area contributed by atoms with E-state index in [0.717, 1.165) is 4.70 Å². The van der Waals surface area contributed by atoms with E-state index in [-0.39, 0.29) is 11.2 Å². The Morgan fingerprint density at radius 3 is 2.75 bits per heavy atom. The topological polar surface area (TPSA) is 46.5 Å². The standard InChI is InChI=1S/C15H11ClO3S/c1-8(16)19-11-7-6-10(17)15-13(11)14(18)9-4-2-3-5-12(9)20-15/h2-8,17H,1H3. The van der Waals surface area contributed by atoms with Crippen LogP contribution in [0.1, 0.15) is 6.92 Å². The highest BCUT2D eigenvalue weighted by atomic mass is 35.5. The fourth-order valence-corrected chi connectivity index (χ4v) is 3.33. The second kappa shape index (κ2) is 4.96. The first-order valence-corrected chi connectivity index (χ1v) is 7.31. The first-order valence-electron chi connectivity index (χ1n) is 6.06. The SMILES string of the molecule is CC(Cl)Oc1ccc(O)c2sc3ccccc3c(=O)c12. The lowest BCUT2D eigenvalue weighted by molar-refractivity contribution is 0.304. The van der Waals surface area contributed by atoms with Gasteiger partial charge in [-0.05, 0) is 31.2 Å². The van der Waals surface area contributed by atoms with Crippen molar-refractivity contribution >= 4 is 43.1 Å². The third-order valence-electron chi connectivity index (χ3n) is 2.96. The molecule has 0 radical (unpaired) electrons. The maximum atomic E-state index is 12.6. The molecule has 0 amide bonds. The molecule has 3 nitrogen and oxygen atoms in total. The molecular formula is C15H11ClO3S. The van der Waals surface area contributed by atoms with Crippen LogP contribution >= 0.6 is 22.9 Å². The minimum absolute atomic E-state index is 0.0717. The Bertz CT molecular complexity index is 855. The Kier molecular flexibility index (Phi) is 3.28. The molecule has 1 N–H and O–H groups in total. The quantitative estimate of drug-likeness (QED) is 0.573. The Labute approximate surface area is 124 Å². The van der Waals surface area contributed by atoms with Crippen molar-refractivity contribution in [1.29, 1.82) is 0 Å². The highest BCUT2D eigenvalue weighted by molar-refractivity contribution is 7.24. The van der Waals surface area contributed by atoms with E-state index in [1.165, 1.54) is 17.4 Å². The molecule has 0 aliphatic rings. The largest absolute Gasteiger partial charge is 0.506 e. The molecule has 2 aromatic carbocycles. The van der Waals surface area contributed by atoms with Gasteiger partial charge in [0.25, 0.3) is 0 Å². The van der Waals surface area contributed by atoms with Gasteiger partial charge in [0.2, 0.25) is 0 Å². The van der Waals surface area contributed by atoms with E-state index in [2.05, 4.69) is 0 Å². The van der Waals surface area contributed by atoms with Crippen LogP contribution in [0, 0.1) is 0 Å². The molecule has 5 heteroatoms. The average molecular weight is 307 g/mol. The molecular weight excluding hydrogens is 296 g/mol. The summed E-state index contributed by atoms with van der Waals surface area (Å²) in [5.41, 5.74) is -0.712. The van der Waals surface area contributed by atoms with Crippen molar-refractivity contribution < 1.29 is 9.84 Å². The number of alkyl halides is 1. The molecule has 0 saturated heterocycles. The second-order valence-corrected chi connectivity index (χ2v) is 6.04. The van der Waals surface area contributed by atoms with Gasteiger partial charge < -0.3 is 9.84 Å². The van der Waals surface area contributed by atoms with Gasteiger partial charge in [-0.3, -0.25) is 4.79 Å². The Hall–Kier alpha value is -1.78. The summed E-state index contributed by atoms with van der Waals surface area (Å²) in [5.74, 6) is 0.467. The van der Waals surface area contributed by atoms with Crippen LogP contribution in [0.25, 0.3) is 20.2 Å². The predicted molar refractivity (Wildman–Crippen MR) is 83.2 cm³/mol. The summed E-state index contributed by atoms with van der Waals surface area (Å²) < 4.78 is 6.82. The van der Waals surface area contributed by atoms with Crippen LogP contribution in [0.5, 0.6) is 11.5 Å². The Balaban J connectivity index is 2.47. The van der Waals surface area contributed by atoms with E-state index in [0.29, 0.717) is 21.2 Å². The Morgan fingerprint density at radius 2 is 2.00 bits per heavy atom. The molecule has 1 atom stereocenters. The van der Waals surface area contributed by atoms with Crippen molar-refractivity contribution in [2.75, 3.05) is 0 Å². The van der Waals surface area contributed by atoms with Crippen LogP contribution in [0.15, 0.2) is 41.2 Å². The van der Waals surface area contributed by atoms with Gasteiger partial charge >= 0.3 is 0 Å². The maximum absolute atomic E-state index is 12.6. The predicted octanol–water partition coefficient (Wildman–Crippen LogP) is 4.08. The number of phenols is 1. The van der Waals surface area contributed by atoms with Crippen molar-refractivity contribution in [3.8, 4) is 11.5 Å². The summed E-state index contributed by atoms with van der Waals surface area (Å²) >= 11 is 7.20. The summed E-state index contributed by atoms with van der Waals surface area (Å²) in [4.78, 5) is 12.6. The zero-order valence-electron chi connectivity index (χ0n) is 10.6. The number of fused-ring (bicyclic) bond motifs is 2. The molecule has 102 valence electrons. The Morgan fingerprint density at radius 1 is 1.25 bits per heavy atom. The molecule has 0 bridgehead atoms. The van der Waals surface area contributed by atoms with Gasteiger partial charge in [0.15, 0.2) is 11.0 Å². The summed E-state index contributed by atoms with van der Waals surface area (Å²) in [6, 6.07) is 10.4. The lowest BCUT2D eigenvalue weighted by Gasteiger charge is -2.11. The van der Waals surface area contributed by atoms with Gasteiger partial charge in [0.05, 0.1) is 10.1 Å². The summed E-state index contributed by atoms with van der Waals surface area (Å²) in [6.07, 6.45) is 0. The lowest BCUT2D eigenvalue weighted by atomic mass is 10.1. The van der Waals surface area contributed by atoms with Gasteiger partial charge in [-0.2, -0.15) is 0 Å². The highest BCUT2D eigenvalue weighted by Crippen LogP contribution is 2.36. The number of ether oxygens (including phenoxy) is 1. The number of aromatic hydroxyl groups is 1. The van der Waals surface area contributed by atoms with Crippen molar-refractivity contribution in [2.45, 2.75) is 12.5 Å². The summed E-state index contributed by atoms with van der Waals surface area (Å²) in [7, 11) is 0. The van der Waals surface area contributed by atoms with Crippen LogP contribution in [0.2, 0.25) is 0 Å². The van der Waals surface area contributed by atoms with E-state index in [4.69, 9.17) is 16.3 Å². The van der Waals surface area contributed by atoms with E-state index >= 15 is 0 Å². The molecule has 20 heavy (non-hydrogen) atoms. The zero-order chi connectivity index (χ0) is 14.3. The molecule has 3 aromatic rings. The first-order chi connectivity index (χ1) is 9.58. The van der Waals surface area contributed by atoms with E-state index < -0.39 is 5.56 Å². The van der Waals surface area contributed by atoms with Gasteiger partial charge in [-0.15, -0.1) is 11.3 Å². The smallest absolute Gasteiger partial charge is 0.199 e. The lowest BCUT2D eigenvalue weighted by Crippen LogP contribution is -2.08.